The van der Waals surface area contributed by atoms with E-state index in [2.05, 4.69) is 42.6 Å². The summed E-state index contributed by atoms with van der Waals surface area (Å²) in [5.41, 5.74) is 4.19. The van der Waals surface area contributed by atoms with Gasteiger partial charge in [-0.25, -0.2) is 0 Å². The standard InChI is InChI=1S/C16H23NO/c1-13(12-17-8-9-18-2)10-14-4-3-5-16(11-14)15-6-7-15/h3-5,10-11,15,17H,6-9,12H2,1-2H3. The molecule has 0 aromatic heterocycles. The number of nitrogens with one attached hydrogen (secondary N) is 1. The third-order valence-corrected chi connectivity index (χ3v) is 3.26. The highest BCUT2D eigenvalue weighted by Crippen LogP contribution is 2.40. The summed E-state index contributed by atoms with van der Waals surface area (Å²) in [4.78, 5) is 0. The number of ether oxygens (including phenoxy) is 1. The molecule has 1 aliphatic rings. The highest BCUT2D eigenvalue weighted by Gasteiger charge is 2.23. The Hall–Kier alpha value is -1.12. The molecule has 1 fully saturated rings. The number of hydrogen-bond acceptors (Lipinski definition) is 2. The van der Waals surface area contributed by atoms with Gasteiger partial charge in [0.2, 0.25) is 0 Å². The van der Waals surface area contributed by atoms with Crippen LogP contribution in [0.2, 0.25) is 0 Å². The molecule has 0 heterocycles. The fourth-order valence-corrected chi connectivity index (χ4v) is 2.11. The molecule has 0 radical (unpaired) electrons. The maximum atomic E-state index is 5.01. The molecule has 0 aliphatic heterocycles. The van der Waals surface area contributed by atoms with Crippen LogP contribution in [0, 0.1) is 0 Å². The second kappa shape index (κ2) is 6.72. The topological polar surface area (TPSA) is 21.3 Å². The Labute approximate surface area is 110 Å². The molecule has 0 bridgehead atoms. The van der Waals surface area contributed by atoms with Gasteiger partial charge in [-0.05, 0) is 36.8 Å². The molecule has 2 heteroatoms. The average molecular weight is 245 g/mol. The molecule has 0 amide bonds. The van der Waals surface area contributed by atoms with E-state index in [9.17, 15) is 0 Å². The minimum absolute atomic E-state index is 0.768. The van der Waals surface area contributed by atoms with Crippen molar-refractivity contribution >= 4 is 6.08 Å². The molecule has 1 aliphatic carbocycles. The average Bonchev–Trinajstić information content (AvgIpc) is 3.19. The summed E-state index contributed by atoms with van der Waals surface area (Å²) in [7, 11) is 1.73. The lowest BCUT2D eigenvalue weighted by Crippen LogP contribution is -2.20. The molecule has 1 saturated carbocycles. The highest BCUT2D eigenvalue weighted by molar-refractivity contribution is 5.54. The molecule has 18 heavy (non-hydrogen) atoms. The normalized spacial score (nSPS) is 16.0. The second-order valence-corrected chi connectivity index (χ2v) is 5.10. The van der Waals surface area contributed by atoms with Crippen molar-refractivity contribution < 1.29 is 4.74 Å². The van der Waals surface area contributed by atoms with E-state index in [0.717, 1.165) is 25.6 Å². The van der Waals surface area contributed by atoms with Crippen LogP contribution in [0.15, 0.2) is 29.8 Å². The molecule has 1 N–H and O–H groups in total. The number of rotatable bonds is 7. The fourth-order valence-electron chi connectivity index (χ4n) is 2.11. The summed E-state index contributed by atoms with van der Waals surface area (Å²) in [6.07, 6.45) is 5.00. The summed E-state index contributed by atoms with van der Waals surface area (Å²) in [6.45, 7) is 4.77. The van der Waals surface area contributed by atoms with Crippen molar-refractivity contribution in [2.45, 2.75) is 25.7 Å². The monoisotopic (exact) mass is 245 g/mol. The van der Waals surface area contributed by atoms with E-state index in [1.807, 2.05) is 0 Å². The molecule has 0 unspecified atom stereocenters. The van der Waals surface area contributed by atoms with Crippen LogP contribution in [0.5, 0.6) is 0 Å². The minimum atomic E-state index is 0.768. The van der Waals surface area contributed by atoms with Gasteiger partial charge in [-0.1, -0.05) is 35.9 Å². The van der Waals surface area contributed by atoms with Gasteiger partial charge in [0.15, 0.2) is 0 Å². The lowest BCUT2D eigenvalue weighted by molar-refractivity contribution is 0.200. The van der Waals surface area contributed by atoms with Crippen molar-refractivity contribution in [3.05, 3.63) is 41.0 Å². The fraction of sp³-hybridized carbons (Fsp3) is 0.500. The van der Waals surface area contributed by atoms with Gasteiger partial charge < -0.3 is 10.1 Å². The summed E-state index contributed by atoms with van der Waals surface area (Å²) < 4.78 is 5.01. The van der Waals surface area contributed by atoms with E-state index >= 15 is 0 Å². The van der Waals surface area contributed by atoms with Crippen molar-refractivity contribution in [3.63, 3.8) is 0 Å². The van der Waals surface area contributed by atoms with Crippen molar-refractivity contribution in [1.82, 2.24) is 5.32 Å². The molecular formula is C16H23NO. The summed E-state index contributed by atoms with van der Waals surface area (Å²) >= 11 is 0. The van der Waals surface area contributed by atoms with Gasteiger partial charge in [0, 0.05) is 20.2 Å². The predicted octanol–water partition coefficient (Wildman–Crippen LogP) is 3.20. The maximum Gasteiger partial charge on any atom is 0.0587 e. The van der Waals surface area contributed by atoms with E-state index in [1.54, 1.807) is 7.11 Å². The van der Waals surface area contributed by atoms with E-state index in [0.29, 0.717) is 0 Å². The van der Waals surface area contributed by atoms with Gasteiger partial charge in [0.1, 0.15) is 0 Å². The van der Waals surface area contributed by atoms with Gasteiger partial charge in [0.25, 0.3) is 0 Å². The second-order valence-electron chi connectivity index (χ2n) is 5.10. The molecule has 0 saturated heterocycles. The van der Waals surface area contributed by atoms with Crippen LogP contribution >= 0.6 is 0 Å². The summed E-state index contributed by atoms with van der Waals surface area (Å²) in [5.74, 6) is 0.832. The van der Waals surface area contributed by atoms with Gasteiger partial charge >= 0.3 is 0 Å². The SMILES string of the molecule is COCCNCC(C)=Cc1cccc(C2CC2)c1. The third kappa shape index (κ3) is 4.28. The number of benzene rings is 1. The molecule has 0 atom stereocenters. The zero-order valence-corrected chi connectivity index (χ0v) is 11.4. The van der Waals surface area contributed by atoms with E-state index in [-0.39, 0.29) is 0 Å². The zero-order chi connectivity index (χ0) is 12.8. The lowest BCUT2D eigenvalue weighted by atomic mass is 10.1. The van der Waals surface area contributed by atoms with Crippen molar-refractivity contribution in [2.75, 3.05) is 26.8 Å². The smallest absolute Gasteiger partial charge is 0.0587 e. The summed E-state index contributed by atoms with van der Waals surface area (Å²) in [5, 5.41) is 3.36. The molecule has 98 valence electrons. The Kier molecular flexibility index (Phi) is 4.97. The van der Waals surface area contributed by atoms with E-state index in [1.165, 1.54) is 29.5 Å². The van der Waals surface area contributed by atoms with Crippen molar-refractivity contribution in [3.8, 4) is 0 Å². The van der Waals surface area contributed by atoms with Crippen LogP contribution < -0.4 is 5.32 Å². The molecule has 0 spiro atoms. The first-order chi connectivity index (χ1) is 8.79. The van der Waals surface area contributed by atoms with Crippen LogP contribution in [-0.2, 0) is 4.74 Å². The number of hydrogen-bond donors (Lipinski definition) is 1. The van der Waals surface area contributed by atoms with Gasteiger partial charge in [-0.3, -0.25) is 0 Å². The quantitative estimate of drug-likeness (QED) is 0.745. The predicted molar refractivity (Wildman–Crippen MR) is 76.8 cm³/mol. The Balaban J connectivity index is 1.87. The van der Waals surface area contributed by atoms with Gasteiger partial charge in [-0.2, -0.15) is 0 Å². The molecular weight excluding hydrogens is 222 g/mol. The van der Waals surface area contributed by atoms with E-state index in [4.69, 9.17) is 4.74 Å². The Morgan fingerprint density at radius 2 is 2.28 bits per heavy atom. The van der Waals surface area contributed by atoms with Crippen molar-refractivity contribution in [1.29, 1.82) is 0 Å². The molecule has 1 aromatic rings. The molecule has 2 rings (SSSR count). The van der Waals surface area contributed by atoms with E-state index < -0.39 is 0 Å². The first-order valence-corrected chi connectivity index (χ1v) is 6.76. The third-order valence-electron chi connectivity index (χ3n) is 3.26. The minimum Gasteiger partial charge on any atom is -0.383 e. The largest absolute Gasteiger partial charge is 0.383 e. The Bertz CT molecular complexity index is 407. The zero-order valence-electron chi connectivity index (χ0n) is 11.4. The summed E-state index contributed by atoms with van der Waals surface area (Å²) in [6, 6.07) is 8.94. The Morgan fingerprint density at radius 3 is 3.00 bits per heavy atom. The highest BCUT2D eigenvalue weighted by atomic mass is 16.5. The van der Waals surface area contributed by atoms with Crippen LogP contribution in [0.1, 0.15) is 36.8 Å². The number of methoxy groups -OCH3 is 1. The lowest BCUT2D eigenvalue weighted by Gasteiger charge is -2.05. The molecule has 1 aromatic carbocycles. The van der Waals surface area contributed by atoms with Gasteiger partial charge in [-0.15, -0.1) is 0 Å². The Morgan fingerprint density at radius 1 is 1.44 bits per heavy atom. The first-order valence-electron chi connectivity index (χ1n) is 6.76. The first kappa shape index (κ1) is 13.3. The van der Waals surface area contributed by atoms with Crippen LogP contribution in [0.3, 0.4) is 0 Å². The van der Waals surface area contributed by atoms with Gasteiger partial charge in [0.05, 0.1) is 6.61 Å². The molecule has 2 nitrogen and oxygen atoms in total. The van der Waals surface area contributed by atoms with Crippen LogP contribution in [0.4, 0.5) is 0 Å². The van der Waals surface area contributed by atoms with Crippen LogP contribution in [-0.4, -0.2) is 26.8 Å². The maximum absolute atomic E-state index is 5.01. The van der Waals surface area contributed by atoms with Crippen molar-refractivity contribution in [2.24, 2.45) is 0 Å². The van der Waals surface area contributed by atoms with Crippen LogP contribution in [0.25, 0.3) is 6.08 Å².